The predicted octanol–water partition coefficient (Wildman–Crippen LogP) is -0.517. The van der Waals surface area contributed by atoms with Crippen LogP contribution in [-0.4, -0.2) is 63.6 Å². The highest BCUT2D eigenvalue weighted by molar-refractivity contribution is 7.89. The zero-order chi connectivity index (χ0) is 23.8. The largest absolute Gasteiger partial charge is 0.379 e. The summed E-state index contributed by atoms with van der Waals surface area (Å²) in [5.41, 5.74) is -0.159. The normalized spacial score (nSPS) is 15.1. The third kappa shape index (κ3) is 4.34. The molecule has 1 aliphatic heterocycles. The van der Waals surface area contributed by atoms with Gasteiger partial charge in [0.05, 0.1) is 24.4 Å². The maximum absolute atomic E-state index is 12.8. The molecule has 13 heteroatoms. The number of imidazole rings is 1. The average Bonchev–Trinajstić information content (AvgIpc) is 3.25. The molecule has 1 aliphatic rings. The van der Waals surface area contributed by atoms with Gasteiger partial charge >= 0.3 is 5.69 Å². The Balaban J connectivity index is 1.48. The number of rotatable bonds is 6. The van der Waals surface area contributed by atoms with Crippen LogP contribution < -0.4 is 16.6 Å². The third-order valence-corrected chi connectivity index (χ3v) is 7.42. The molecular formula is C20H24N6O6S. The molecule has 0 saturated carbocycles. The highest BCUT2D eigenvalue weighted by atomic mass is 32.2. The number of fused-ring (bicyclic) bond motifs is 1. The Morgan fingerprint density at radius 1 is 1.15 bits per heavy atom. The zero-order valence-corrected chi connectivity index (χ0v) is 19.0. The summed E-state index contributed by atoms with van der Waals surface area (Å²) in [7, 11) is -0.783. The number of sulfonamides is 1. The lowest BCUT2D eigenvalue weighted by Crippen LogP contribution is -2.40. The van der Waals surface area contributed by atoms with E-state index in [1.165, 1.54) is 46.0 Å². The number of amides is 1. The van der Waals surface area contributed by atoms with E-state index < -0.39 is 21.3 Å². The van der Waals surface area contributed by atoms with Crippen LogP contribution in [0.5, 0.6) is 0 Å². The quantitative estimate of drug-likeness (QED) is 0.505. The van der Waals surface area contributed by atoms with Gasteiger partial charge in [0.2, 0.25) is 15.9 Å². The molecule has 33 heavy (non-hydrogen) atoms. The molecule has 0 bridgehead atoms. The van der Waals surface area contributed by atoms with Crippen LogP contribution in [0.2, 0.25) is 0 Å². The Morgan fingerprint density at radius 3 is 2.61 bits per heavy atom. The van der Waals surface area contributed by atoms with Crippen LogP contribution in [0.1, 0.15) is 6.42 Å². The van der Waals surface area contributed by atoms with Gasteiger partial charge in [0.25, 0.3) is 5.56 Å². The van der Waals surface area contributed by atoms with Crippen molar-refractivity contribution < 1.29 is 17.9 Å². The van der Waals surface area contributed by atoms with Gasteiger partial charge in [-0.05, 0) is 18.2 Å². The van der Waals surface area contributed by atoms with E-state index in [0.29, 0.717) is 18.9 Å². The lowest BCUT2D eigenvalue weighted by atomic mass is 10.3. The van der Waals surface area contributed by atoms with Gasteiger partial charge in [-0.15, -0.1) is 0 Å². The fourth-order valence-electron chi connectivity index (χ4n) is 3.68. The highest BCUT2D eigenvalue weighted by Crippen LogP contribution is 2.20. The number of carbonyl (C=O) groups excluding carboxylic acids is 1. The van der Waals surface area contributed by atoms with Crippen LogP contribution in [0.3, 0.4) is 0 Å². The number of morpholine rings is 1. The van der Waals surface area contributed by atoms with Crippen molar-refractivity contribution in [1.82, 2.24) is 23.0 Å². The Labute approximate surface area is 189 Å². The van der Waals surface area contributed by atoms with Crippen molar-refractivity contribution in [2.75, 3.05) is 31.6 Å². The first-order valence-corrected chi connectivity index (χ1v) is 11.7. The van der Waals surface area contributed by atoms with Gasteiger partial charge < -0.3 is 14.6 Å². The van der Waals surface area contributed by atoms with E-state index in [2.05, 4.69) is 10.3 Å². The Morgan fingerprint density at radius 2 is 1.88 bits per heavy atom. The van der Waals surface area contributed by atoms with E-state index >= 15 is 0 Å². The molecule has 176 valence electrons. The van der Waals surface area contributed by atoms with Crippen LogP contribution in [0.4, 0.5) is 5.69 Å². The lowest BCUT2D eigenvalue weighted by molar-refractivity contribution is -0.116. The minimum atomic E-state index is -3.68. The van der Waals surface area contributed by atoms with Crippen LogP contribution in [0.25, 0.3) is 11.2 Å². The maximum atomic E-state index is 12.8. The van der Waals surface area contributed by atoms with Crippen molar-refractivity contribution in [3.05, 3.63) is 51.4 Å². The number of benzene rings is 1. The molecule has 1 saturated heterocycles. The number of aryl methyl sites for hydroxylation is 2. The van der Waals surface area contributed by atoms with Crippen LogP contribution in [0, 0.1) is 0 Å². The monoisotopic (exact) mass is 476 g/mol. The minimum Gasteiger partial charge on any atom is -0.379 e. The number of anilines is 1. The van der Waals surface area contributed by atoms with Crippen molar-refractivity contribution in [2.24, 2.45) is 14.1 Å². The number of hydrogen-bond donors (Lipinski definition) is 1. The maximum Gasteiger partial charge on any atom is 0.332 e. The second-order valence-corrected chi connectivity index (χ2v) is 9.60. The lowest BCUT2D eigenvalue weighted by Gasteiger charge is -2.26. The Bertz CT molecular complexity index is 1430. The van der Waals surface area contributed by atoms with E-state index in [-0.39, 0.29) is 48.0 Å². The van der Waals surface area contributed by atoms with Crippen molar-refractivity contribution in [1.29, 1.82) is 0 Å². The second-order valence-electron chi connectivity index (χ2n) is 7.66. The summed E-state index contributed by atoms with van der Waals surface area (Å²) in [6, 6.07) is 6.07. The smallest absolute Gasteiger partial charge is 0.332 e. The fraction of sp³-hybridized carbons (Fsp3) is 0.400. The predicted molar refractivity (Wildman–Crippen MR) is 119 cm³/mol. The van der Waals surface area contributed by atoms with Crippen LogP contribution in [-0.2, 0) is 40.2 Å². The van der Waals surface area contributed by atoms with E-state index in [1.54, 1.807) is 12.1 Å². The molecule has 2 aromatic heterocycles. The number of carbonyl (C=O) groups is 1. The van der Waals surface area contributed by atoms with Gasteiger partial charge in [0.1, 0.15) is 0 Å². The van der Waals surface area contributed by atoms with Gasteiger partial charge in [0, 0.05) is 45.8 Å². The summed E-state index contributed by atoms with van der Waals surface area (Å²) in [6.45, 7) is 1.40. The molecule has 1 aromatic carbocycles. The molecule has 1 fully saturated rings. The third-order valence-electron chi connectivity index (χ3n) is 5.52. The number of ether oxygens (including phenoxy) is 1. The molecule has 0 atom stereocenters. The standard InChI is InChI=1S/C20H24N6O6S/c1-23-18-17(19(28)24(2)20(23)29)25(13-21-18)7-6-16(27)22-14-4-3-5-15(12-14)33(30,31)26-8-10-32-11-9-26/h3-5,12-13H,6-11H2,1-2H3,(H,22,27). The van der Waals surface area contributed by atoms with Crippen molar-refractivity contribution in [3.8, 4) is 0 Å². The first-order chi connectivity index (χ1) is 15.7. The first kappa shape index (κ1) is 22.9. The molecule has 4 rings (SSSR count). The SMILES string of the molecule is Cn1c(=O)c2c(ncn2CCC(=O)Nc2cccc(S(=O)(=O)N3CCOCC3)c2)n(C)c1=O. The summed E-state index contributed by atoms with van der Waals surface area (Å²) in [5, 5.41) is 2.70. The highest BCUT2D eigenvalue weighted by Gasteiger charge is 2.26. The summed E-state index contributed by atoms with van der Waals surface area (Å²) in [5.74, 6) is -0.362. The van der Waals surface area contributed by atoms with Gasteiger partial charge in [-0.1, -0.05) is 6.07 Å². The second kappa shape index (κ2) is 8.92. The molecule has 3 heterocycles. The molecule has 0 aliphatic carbocycles. The molecule has 0 spiro atoms. The molecule has 1 amide bonds. The molecule has 0 radical (unpaired) electrons. The van der Waals surface area contributed by atoms with E-state index in [0.717, 1.165) is 4.57 Å². The number of hydrogen-bond acceptors (Lipinski definition) is 7. The van der Waals surface area contributed by atoms with Crippen LogP contribution in [0.15, 0.2) is 45.1 Å². The number of nitrogens with one attached hydrogen (secondary N) is 1. The summed E-state index contributed by atoms with van der Waals surface area (Å²) < 4.78 is 36.0. The average molecular weight is 477 g/mol. The topological polar surface area (TPSA) is 138 Å². The minimum absolute atomic E-state index is 0.0118. The molecule has 3 aromatic rings. The first-order valence-electron chi connectivity index (χ1n) is 10.3. The summed E-state index contributed by atoms with van der Waals surface area (Å²) in [6.07, 6.45) is 1.42. The zero-order valence-electron chi connectivity index (χ0n) is 18.2. The van der Waals surface area contributed by atoms with Crippen LogP contribution >= 0.6 is 0 Å². The number of nitrogens with zero attached hydrogens (tertiary/aromatic N) is 5. The summed E-state index contributed by atoms with van der Waals surface area (Å²) >= 11 is 0. The van der Waals surface area contributed by atoms with Gasteiger partial charge in [-0.2, -0.15) is 4.31 Å². The molecule has 0 unspecified atom stereocenters. The van der Waals surface area contributed by atoms with E-state index in [4.69, 9.17) is 4.74 Å². The molecular weight excluding hydrogens is 452 g/mol. The fourth-order valence-corrected chi connectivity index (χ4v) is 5.14. The van der Waals surface area contributed by atoms with Crippen molar-refractivity contribution >= 4 is 32.8 Å². The molecule has 1 N–H and O–H groups in total. The van der Waals surface area contributed by atoms with Gasteiger partial charge in [-0.25, -0.2) is 18.2 Å². The van der Waals surface area contributed by atoms with Crippen molar-refractivity contribution in [2.45, 2.75) is 17.9 Å². The molecule has 12 nitrogen and oxygen atoms in total. The Hall–Kier alpha value is -3.29. The summed E-state index contributed by atoms with van der Waals surface area (Å²) in [4.78, 5) is 41.3. The Kier molecular flexibility index (Phi) is 6.19. The van der Waals surface area contributed by atoms with Crippen molar-refractivity contribution in [3.63, 3.8) is 0 Å². The van der Waals surface area contributed by atoms with E-state index in [9.17, 15) is 22.8 Å². The van der Waals surface area contributed by atoms with Gasteiger partial charge in [-0.3, -0.25) is 18.7 Å². The van der Waals surface area contributed by atoms with E-state index in [1.807, 2.05) is 0 Å². The number of aromatic nitrogens is 4. The van der Waals surface area contributed by atoms with Gasteiger partial charge in [0.15, 0.2) is 11.2 Å².